The lowest BCUT2D eigenvalue weighted by molar-refractivity contribution is -0.118. The van der Waals surface area contributed by atoms with Gasteiger partial charge in [0.05, 0.1) is 0 Å². The van der Waals surface area contributed by atoms with Crippen LogP contribution in [0.2, 0.25) is 0 Å². The van der Waals surface area contributed by atoms with Gasteiger partial charge in [-0.05, 0) is 37.1 Å². The van der Waals surface area contributed by atoms with E-state index in [1.165, 1.54) is 0 Å². The Morgan fingerprint density at radius 3 is 2.90 bits per heavy atom. The number of carbonyl (C=O) groups excluding carboxylic acids is 1. The van der Waals surface area contributed by atoms with Gasteiger partial charge in [-0.1, -0.05) is 18.2 Å². The number of ether oxygens (including phenoxy) is 1. The lowest BCUT2D eigenvalue weighted by atomic mass is 10.1. The number of pyridine rings is 1. The Bertz CT molecular complexity index is 641. The number of nitrogens with two attached hydrogens (primary N) is 1. The van der Waals surface area contributed by atoms with Crippen molar-refractivity contribution in [3.8, 4) is 5.75 Å². The van der Waals surface area contributed by atoms with Gasteiger partial charge in [-0.25, -0.2) is 4.98 Å². The number of anilines is 1. The molecule has 2 rings (SSSR count). The predicted octanol–water partition coefficient (Wildman–Crippen LogP) is 2.17. The molecule has 0 saturated heterocycles. The number of benzene rings is 1. The van der Waals surface area contributed by atoms with Crippen LogP contribution in [0.1, 0.15) is 16.7 Å². The summed E-state index contributed by atoms with van der Waals surface area (Å²) in [4.78, 5) is 16.0. The molecule has 0 unspecified atom stereocenters. The highest BCUT2D eigenvalue weighted by Crippen LogP contribution is 2.19. The quantitative estimate of drug-likeness (QED) is 0.882. The lowest BCUT2D eigenvalue weighted by Crippen LogP contribution is -2.22. The van der Waals surface area contributed by atoms with Gasteiger partial charge in [0.2, 0.25) is 0 Å². The van der Waals surface area contributed by atoms with E-state index in [-0.39, 0.29) is 12.5 Å². The van der Waals surface area contributed by atoms with Crippen molar-refractivity contribution in [2.45, 2.75) is 20.4 Å². The third-order valence-electron chi connectivity index (χ3n) is 3.07. The molecule has 0 saturated carbocycles. The van der Waals surface area contributed by atoms with Crippen molar-refractivity contribution in [2.75, 3.05) is 11.9 Å². The first-order valence-electron chi connectivity index (χ1n) is 6.74. The number of aryl methyl sites for hydroxylation is 2. The number of rotatable bonds is 5. The largest absolute Gasteiger partial charge is 0.483 e. The Labute approximate surface area is 124 Å². The van der Waals surface area contributed by atoms with Gasteiger partial charge in [0.1, 0.15) is 11.6 Å². The monoisotopic (exact) mass is 285 g/mol. The second kappa shape index (κ2) is 6.85. The van der Waals surface area contributed by atoms with Crippen molar-refractivity contribution in [3.05, 3.63) is 53.2 Å². The first kappa shape index (κ1) is 15.0. The number of hydrogen-bond acceptors (Lipinski definition) is 4. The average Bonchev–Trinajstić information content (AvgIpc) is 2.49. The molecule has 0 aliphatic heterocycles. The predicted molar refractivity (Wildman–Crippen MR) is 82.2 cm³/mol. The van der Waals surface area contributed by atoms with E-state index in [1.54, 1.807) is 12.3 Å². The van der Waals surface area contributed by atoms with E-state index in [2.05, 4.69) is 10.3 Å². The SMILES string of the molecule is Cc1ccc(C)c(OCC(=O)Nc2ncccc2CN)c1. The summed E-state index contributed by atoms with van der Waals surface area (Å²) in [6.07, 6.45) is 1.61. The van der Waals surface area contributed by atoms with E-state index in [0.29, 0.717) is 18.1 Å². The highest BCUT2D eigenvalue weighted by Gasteiger charge is 2.08. The van der Waals surface area contributed by atoms with Crippen molar-refractivity contribution < 1.29 is 9.53 Å². The number of amides is 1. The van der Waals surface area contributed by atoms with E-state index in [1.807, 2.05) is 38.1 Å². The van der Waals surface area contributed by atoms with Crippen LogP contribution in [0.3, 0.4) is 0 Å². The van der Waals surface area contributed by atoms with E-state index in [4.69, 9.17) is 10.5 Å². The maximum atomic E-state index is 11.9. The summed E-state index contributed by atoms with van der Waals surface area (Å²) < 4.78 is 5.55. The van der Waals surface area contributed by atoms with Crippen molar-refractivity contribution in [1.29, 1.82) is 0 Å². The number of nitrogens with one attached hydrogen (secondary N) is 1. The highest BCUT2D eigenvalue weighted by atomic mass is 16.5. The van der Waals surface area contributed by atoms with E-state index < -0.39 is 0 Å². The van der Waals surface area contributed by atoms with E-state index in [0.717, 1.165) is 16.7 Å². The zero-order valence-electron chi connectivity index (χ0n) is 12.2. The molecule has 0 radical (unpaired) electrons. The molecule has 3 N–H and O–H groups in total. The van der Waals surface area contributed by atoms with Gasteiger partial charge in [-0.15, -0.1) is 0 Å². The van der Waals surface area contributed by atoms with E-state index in [9.17, 15) is 4.79 Å². The summed E-state index contributed by atoms with van der Waals surface area (Å²) in [5.41, 5.74) is 8.48. The molecule has 1 aromatic carbocycles. The second-order valence-electron chi connectivity index (χ2n) is 4.82. The van der Waals surface area contributed by atoms with Gasteiger partial charge in [0.25, 0.3) is 5.91 Å². The van der Waals surface area contributed by atoms with Gasteiger partial charge in [0, 0.05) is 18.3 Å². The number of nitrogens with zero attached hydrogens (tertiary/aromatic N) is 1. The van der Waals surface area contributed by atoms with Crippen LogP contribution in [0.5, 0.6) is 5.75 Å². The fourth-order valence-electron chi connectivity index (χ4n) is 1.89. The smallest absolute Gasteiger partial charge is 0.263 e. The summed E-state index contributed by atoms with van der Waals surface area (Å²) >= 11 is 0. The Kier molecular flexibility index (Phi) is 4.90. The summed E-state index contributed by atoms with van der Waals surface area (Å²) in [7, 11) is 0. The highest BCUT2D eigenvalue weighted by molar-refractivity contribution is 5.91. The first-order chi connectivity index (χ1) is 10.1. The molecular weight excluding hydrogens is 266 g/mol. The second-order valence-corrected chi connectivity index (χ2v) is 4.82. The van der Waals surface area contributed by atoms with Crippen LogP contribution in [-0.2, 0) is 11.3 Å². The number of aromatic nitrogens is 1. The normalized spacial score (nSPS) is 10.2. The Morgan fingerprint density at radius 2 is 2.14 bits per heavy atom. The molecule has 0 aliphatic rings. The van der Waals surface area contributed by atoms with Crippen LogP contribution in [-0.4, -0.2) is 17.5 Å². The minimum Gasteiger partial charge on any atom is -0.483 e. The Balaban J connectivity index is 1.97. The number of carbonyl (C=O) groups is 1. The van der Waals surface area contributed by atoms with Crippen LogP contribution in [0.15, 0.2) is 36.5 Å². The number of hydrogen-bond donors (Lipinski definition) is 2. The van der Waals surface area contributed by atoms with Crippen molar-refractivity contribution >= 4 is 11.7 Å². The molecule has 0 spiro atoms. The zero-order valence-corrected chi connectivity index (χ0v) is 12.2. The summed E-state index contributed by atoms with van der Waals surface area (Å²) in [6.45, 7) is 4.18. The molecule has 2 aromatic rings. The maximum absolute atomic E-state index is 11.9. The molecule has 0 bridgehead atoms. The Hall–Kier alpha value is -2.40. The first-order valence-corrected chi connectivity index (χ1v) is 6.74. The molecule has 0 fully saturated rings. The van der Waals surface area contributed by atoms with Gasteiger partial charge in [0.15, 0.2) is 6.61 Å². The van der Waals surface area contributed by atoms with Crippen LogP contribution in [0.4, 0.5) is 5.82 Å². The molecular formula is C16H19N3O2. The van der Waals surface area contributed by atoms with Crippen molar-refractivity contribution in [1.82, 2.24) is 4.98 Å². The minimum atomic E-state index is -0.260. The van der Waals surface area contributed by atoms with E-state index >= 15 is 0 Å². The van der Waals surface area contributed by atoms with Gasteiger partial charge >= 0.3 is 0 Å². The third kappa shape index (κ3) is 4.03. The van der Waals surface area contributed by atoms with Gasteiger partial charge in [-0.3, -0.25) is 4.79 Å². The van der Waals surface area contributed by atoms with Crippen LogP contribution in [0, 0.1) is 13.8 Å². The Morgan fingerprint density at radius 1 is 1.33 bits per heavy atom. The fraction of sp³-hybridized carbons (Fsp3) is 0.250. The summed E-state index contributed by atoms with van der Waals surface area (Å²) in [5, 5.41) is 2.71. The molecule has 0 aliphatic carbocycles. The maximum Gasteiger partial charge on any atom is 0.263 e. The van der Waals surface area contributed by atoms with Crippen molar-refractivity contribution in [2.24, 2.45) is 5.73 Å². The third-order valence-corrected chi connectivity index (χ3v) is 3.07. The summed E-state index contributed by atoms with van der Waals surface area (Å²) in [5.74, 6) is 0.934. The topological polar surface area (TPSA) is 77.2 Å². The van der Waals surface area contributed by atoms with Crippen LogP contribution < -0.4 is 15.8 Å². The zero-order chi connectivity index (χ0) is 15.2. The van der Waals surface area contributed by atoms with Gasteiger partial charge < -0.3 is 15.8 Å². The molecule has 110 valence electrons. The van der Waals surface area contributed by atoms with Gasteiger partial charge in [-0.2, -0.15) is 0 Å². The average molecular weight is 285 g/mol. The lowest BCUT2D eigenvalue weighted by Gasteiger charge is -2.11. The molecule has 21 heavy (non-hydrogen) atoms. The van der Waals surface area contributed by atoms with Crippen molar-refractivity contribution in [3.63, 3.8) is 0 Å². The fourth-order valence-corrected chi connectivity index (χ4v) is 1.89. The molecule has 0 atom stereocenters. The molecule has 1 amide bonds. The molecule has 5 heteroatoms. The standard InChI is InChI=1S/C16H19N3O2/c1-11-5-6-12(2)14(8-11)21-10-15(20)19-16-13(9-17)4-3-7-18-16/h3-8H,9-10,17H2,1-2H3,(H,18,19,20). The molecule has 1 heterocycles. The van der Waals surface area contributed by atoms with Crippen LogP contribution >= 0.6 is 0 Å². The summed E-state index contributed by atoms with van der Waals surface area (Å²) in [6, 6.07) is 9.49. The van der Waals surface area contributed by atoms with Crippen LogP contribution in [0.25, 0.3) is 0 Å². The minimum absolute atomic E-state index is 0.0646. The molecule has 1 aromatic heterocycles. The molecule has 5 nitrogen and oxygen atoms in total.